The summed E-state index contributed by atoms with van der Waals surface area (Å²) in [4.78, 5) is 15.0. The van der Waals surface area contributed by atoms with Gasteiger partial charge in [0.2, 0.25) is 10.4 Å². The number of thiazole rings is 1. The second-order valence-corrected chi connectivity index (χ2v) is 7.86. The highest BCUT2D eigenvalue weighted by Crippen LogP contribution is 2.37. The molecule has 0 aliphatic heterocycles. The van der Waals surface area contributed by atoms with Gasteiger partial charge in [0.05, 0.1) is 25.9 Å². The Morgan fingerprint density at radius 1 is 1.07 bits per heavy atom. The van der Waals surface area contributed by atoms with Gasteiger partial charge < -0.3 is 5.32 Å². The Balaban J connectivity index is 1.58. The minimum absolute atomic E-state index is 0.323. The Morgan fingerprint density at radius 3 is 2.59 bits per heavy atom. The van der Waals surface area contributed by atoms with E-state index < -0.39 is 0 Å². The summed E-state index contributed by atoms with van der Waals surface area (Å²) in [6, 6.07) is 11.3. The lowest BCUT2D eigenvalue weighted by Crippen LogP contribution is -2.19. The molecular weight excluding hydrogens is 427 g/mol. The number of halogens is 3. The first-order valence-corrected chi connectivity index (χ1v) is 10.1. The van der Waals surface area contributed by atoms with Gasteiger partial charge in [-0.1, -0.05) is 46.7 Å². The van der Waals surface area contributed by atoms with Crippen molar-refractivity contribution >= 4 is 72.4 Å². The van der Waals surface area contributed by atoms with E-state index in [1.165, 1.54) is 16.9 Å². The van der Waals surface area contributed by atoms with Gasteiger partial charge in [-0.25, -0.2) is 4.98 Å². The molecular formula is C18H15Cl3N4OS. The van der Waals surface area contributed by atoms with Gasteiger partial charge >= 0.3 is 0 Å². The fourth-order valence-electron chi connectivity index (χ4n) is 2.34. The fourth-order valence-corrected chi connectivity index (χ4v) is 3.75. The number of hydrogen-bond donors (Lipinski definition) is 1. The monoisotopic (exact) mass is 440 g/mol. The molecule has 27 heavy (non-hydrogen) atoms. The molecule has 1 heterocycles. The van der Waals surface area contributed by atoms with Gasteiger partial charge in [0.25, 0.3) is 0 Å². The van der Waals surface area contributed by atoms with Gasteiger partial charge in [-0.15, -0.1) is 10.2 Å². The van der Waals surface area contributed by atoms with Gasteiger partial charge in [-0.05, 0) is 54.4 Å². The zero-order valence-corrected chi connectivity index (χ0v) is 17.2. The lowest BCUT2D eigenvalue weighted by atomic mass is 10.1. The smallest absolute Gasteiger partial charge is 0.231 e. The summed E-state index contributed by atoms with van der Waals surface area (Å²) in [5, 5.41) is 12.8. The van der Waals surface area contributed by atoms with E-state index in [0.717, 1.165) is 28.9 Å². The SMILES string of the molecule is O=C(Cl)CCNCCc1ccc(N=Nc2nc3ccc(Cl)c(Cl)c3s2)cc1. The number of fused-ring (bicyclic) bond motifs is 1. The van der Waals surface area contributed by atoms with Crippen LogP contribution in [0.3, 0.4) is 0 Å². The molecule has 0 saturated heterocycles. The molecule has 3 rings (SSSR count). The molecule has 0 atom stereocenters. The lowest BCUT2D eigenvalue weighted by molar-refractivity contribution is -0.111. The molecule has 9 heteroatoms. The van der Waals surface area contributed by atoms with E-state index in [-0.39, 0.29) is 5.24 Å². The molecule has 0 aliphatic rings. The molecule has 0 amide bonds. The van der Waals surface area contributed by atoms with Crippen LogP contribution in [-0.4, -0.2) is 23.3 Å². The van der Waals surface area contributed by atoms with Crippen molar-refractivity contribution in [3.8, 4) is 0 Å². The summed E-state index contributed by atoms with van der Waals surface area (Å²) in [5.41, 5.74) is 2.66. The number of benzene rings is 2. The number of rotatable bonds is 8. The zero-order chi connectivity index (χ0) is 19.2. The first kappa shape index (κ1) is 20.2. The van der Waals surface area contributed by atoms with Crippen molar-refractivity contribution in [1.29, 1.82) is 0 Å². The molecule has 140 valence electrons. The molecule has 0 fully saturated rings. The number of carbonyl (C=O) groups is 1. The Kier molecular flexibility index (Phi) is 7.15. The summed E-state index contributed by atoms with van der Waals surface area (Å²) >= 11 is 18.8. The third-order valence-electron chi connectivity index (χ3n) is 3.71. The first-order chi connectivity index (χ1) is 13.0. The van der Waals surface area contributed by atoms with Crippen molar-refractivity contribution in [2.75, 3.05) is 13.1 Å². The number of azo groups is 1. The second kappa shape index (κ2) is 9.57. The topological polar surface area (TPSA) is 66.7 Å². The van der Waals surface area contributed by atoms with Crippen LogP contribution < -0.4 is 5.32 Å². The quantitative estimate of drug-likeness (QED) is 0.253. The number of aromatic nitrogens is 1. The average molecular weight is 442 g/mol. The van der Waals surface area contributed by atoms with Crippen molar-refractivity contribution in [2.24, 2.45) is 10.2 Å². The molecule has 3 aromatic rings. The van der Waals surface area contributed by atoms with Crippen LogP contribution in [0.2, 0.25) is 10.0 Å². The molecule has 0 bridgehead atoms. The van der Waals surface area contributed by atoms with Gasteiger partial charge in [0, 0.05) is 13.0 Å². The maximum absolute atomic E-state index is 10.7. The van der Waals surface area contributed by atoms with Gasteiger partial charge in [0.15, 0.2) is 0 Å². The molecule has 1 aromatic heterocycles. The average Bonchev–Trinajstić information content (AvgIpc) is 3.07. The molecule has 5 nitrogen and oxygen atoms in total. The standard InChI is InChI=1S/C18H15Cl3N4OS/c19-13-5-6-14-17(16(13)21)27-18(23-14)25-24-12-3-1-11(2-4-12)7-9-22-10-8-15(20)26/h1-6,22H,7-10H2. The van der Waals surface area contributed by atoms with Crippen LogP contribution in [0.1, 0.15) is 12.0 Å². The predicted molar refractivity (Wildman–Crippen MR) is 112 cm³/mol. The Hall–Kier alpha value is -1.57. The first-order valence-electron chi connectivity index (χ1n) is 8.17. The summed E-state index contributed by atoms with van der Waals surface area (Å²) in [7, 11) is 0. The van der Waals surface area contributed by atoms with Crippen molar-refractivity contribution in [1.82, 2.24) is 10.3 Å². The van der Waals surface area contributed by atoms with Gasteiger partial charge in [-0.2, -0.15) is 0 Å². The van der Waals surface area contributed by atoms with E-state index in [4.69, 9.17) is 34.8 Å². The molecule has 2 aromatic carbocycles. The van der Waals surface area contributed by atoms with Crippen LogP contribution >= 0.6 is 46.1 Å². The summed E-state index contributed by atoms with van der Waals surface area (Å²) in [5.74, 6) is 0. The van der Waals surface area contributed by atoms with Crippen LogP contribution in [0, 0.1) is 0 Å². The maximum atomic E-state index is 10.7. The largest absolute Gasteiger partial charge is 0.316 e. The highest BCUT2D eigenvalue weighted by atomic mass is 35.5. The van der Waals surface area contributed by atoms with E-state index in [1.54, 1.807) is 6.07 Å². The molecule has 0 unspecified atom stereocenters. The summed E-state index contributed by atoms with van der Waals surface area (Å²) in [6.45, 7) is 1.37. The van der Waals surface area contributed by atoms with Crippen molar-refractivity contribution in [3.63, 3.8) is 0 Å². The number of nitrogens with one attached hydrogen (secondary N) is 1. The van der Waals surface area contributed by atoms with Crippen molar-refractivity contribution < 1.29 is 4.79 Å². The third-order valence-corrected chi connectivity index (χ3v) is 5.79. The minimum Gasteiger partial charge on any atom is -0.316 e. The maximum Gasteiger partial charge on any atom is 0.231 e. The summed E-state index contributed by atoms with van der Waals surface area (Å²) < 4.78 is 0.803. The molecule has 0 saturated carbocycles. The fraction of sp³-hybridized carbons (Fsp3) is 0.222. The molecule has 0 aliphatic carbocycles. The molecule has 0 spiro atoms. The number of carbonyl (C=O) groups excluding carboxylic acids is 1. The molecule has 1 N–H and O–H groups in total. The normalized spacial score (nSPS) is 11.5. The highest BCUT2D eigenvalue weighted by Gasteiger charge is 2.09. The second-order valence-electron chi connectivity index (χ2n) is 5.68. The number of nitrogens with zero attached hydrogens (tertiary/aromatic N) is 3. The summed E-state index contributed by atoms with van der Waals surface area (Å²) in [6.07, 6.45) is 1.19. The van der Waals surface area contributed by atoms with Crippen LogP contribution in [0.5, 0.6) is 0 Å². The van der Waals surface area contributed by atoms with Crippen molar-refractivity contribution in [2.45, 2.75) is 12.8 Å². The van der Waals surface area contributed by atoms with Crippen LogP contribution in [-0.2, 0) is 11.2 Å². The van der Waals surface area contributed by atoms with Crippen molar-refractivity contribution in [3.05, 3.63) is 52.0 Å². The highest BCUT2D eigenvalue weighted by molar-refractivity contribution is 7.22. The Bertz CT molecular complexity index is 973. The zero-order valence-electron chi connectivity index (χ0n) is 14.1. The van der Waals surface area contributed by atoms with E-state index in [2.05, 4.69) is 20.5 Å². The van der Waals surface area contributed by atoms with E-state index in [1.807, 2.05) is 30.3 Å². The van der Waals surface area contributed by atoms with Crippen LogP contribution in [0.15, 0.2) is 46.6 Å². The van der Waals surface area contributed by atoms with Crippen LogP contribution in [0.4, 0.5) is 10.8 Å². The Morgan fingerprint density at radius 2 is 1.85 bits per heavy atom. The van der Waals surface area contributed by atoms with E-state index in [9.17, 15) is 4.79 Å². The van der Waals surface area contributed by atoms with Crippen LogP contribution in [0.25, 0.3) is 10.2 Å². The van der Waals surface area contributed by atoms with E-state index >= 15 is 0 Å². The molecule has 0 radical (unpaired) electrons. The van der Waals surface area contributed by atoms with E-state index in [0.29, 0.717) is 28.1 Å². The Labute approximate surface area is 175 Å². The van der Waals surface area contributed by atoms with Gasteiger partial charge in [0.1, 0.15) is 0 Å². The third kappa shape index (κ3) is 5.70. The predicted octanol–water partition coefficient (Wildman–Crippen LogP) is 6.31. The van der Waals surface area contributed by atoms with Gasteiger partial charge in [-0.3, -0.25) is 4.79 Å². The minimum atomic E-state index is -0.323. The number of hydrogen-bond acceptors (Lipinski definition) is 6. The lowest BCUT2D eigenvalue weighted by Gasteiger charge is -2.03.